The molecule has 0 radical (unpaired) electrons. The Labute approximate surface area is 240 Å². The number of nitrogens with zero attached hydrogens (tertiary/aromatic N) is 6. The summed E-state index contributed by atoms with van der Waals surface area (Å²) in [5, 5.41) is 20.8. The summed E-state index contributed by atoms with van der Waals surface area (Å²) in [6, 6.07) is 14.8. The molecule has 0 saturated heterocycles. The van der Waals surface area contributed by atoms with E-state index in [1.807, 2.05) is 18.2 Å². The van der Waals surface area contributed by atoms with Crippen LogP contribution in [0.15, 0.2) is 73.6 Å². The second-order valence-corrected chi connectivity index (χ2v) is 9.20. The van der Waals surface area contributed by atoms with Gasteiger partial charge in [-0.1, -0.05) is 34.8 Å². The molecule has 0 fully saturated rings. The normalized spacial score (nSPS) is 11.8. The predicted octanol–water partition coefficient (Wildman–Crippen LogP) is 8.38. The summed E-state index contributed by atoms with van der Waals surface area (Å²) in [5.41, 5.74) is 4.45. The minimum absolute atomic E-state index is 0.300. The van der Waals surface area contributed by atoms with Crippen molar-refractivity contribution in [1.29, 1.82) is 10.5 Å². The number of nitriles is 2. The van der Waals surface area contributed by atoms with Gasteiger partial charge in [-0.15, -0.1) is 0 Å². The molecule has 0 unspecified atom stereocenters. The van der Waals surface area contributed by atoms with E-state index >= 15 is 0 Å². The predicted molar refractivity (Wildman–Crippen MR) is 156 cm³/mol. The molecule has 6 nitrogen and oxygen atoms in total. The number of benzene rings is 1. The van der Waals surface area contributed by atoms with E-state index in [2.05, 4.69) is 31.9 Å². The van der Waals surface area contributed by atoms with E-state index in [1.54, 1.807) is 55.0 Å². The first-order valence-corrected chi connectivity index (χ1v) is 12.3. The average molecular weight is 566 g/mol. The number of hydrogen-bond donors (Lipinski definition) is 0. The van der Waals surface area contributed by atoms with Crippen LogP contribution >= 0.6 is 34.8 Å². The molecule has 0 bridgehead atoms. The van der Waals surface area contributed by atoms with Gasteiger partial charge >= 0.3 is 0 Å². The summed E-state index contributed by atoms with van der Waals surface area (Å²) in [7, 11) is 0. The first-order valence-electron chi connectivity index (χ1n) is 11.2. The fraction of sp³-hybridized carbons (Fsp3) is 0. The lowest BCUT2D eigenvalue weighted by Gasteiger charge is -2.08. The lowest BCUT2D eigenvalue weighted by molar-refractivity contribution is 1.32. The molecule has 9 heteroatoms. The molecule has 0 spiro atoms. The van der Waals surface area contributed by atoms with Crippen LogP contribution in [-0.2, 0) is 0 Å². The Bertz CT molecular complexity index is 1570. The SMILES string of the molecule is [C-]#[N+]/C(=C\c1cc(/C=C(\C#N)c2ccncc2Cl)cc(/C=C(\C#N)c2ccncc2Cl)c1)c1ccncc1Cl. The molecule has 0 saturated carbocycles. The quantitative estimate of drug-likeness (QED) is 0.173. The molecule has 0 N–H and O–H groups in total. The van der Waals surface area contributed by atoms with Crippen molar-refractivity contribution in [3.8, 4) is 12.1 Å². The minimum atomic E-state index is 0.300. The highest BCUT2D eigenvalue weighted by Crippen LogP contribution is 2.30. The van der Waals surface area contributed by atoms with Crippen molar-refractivity contribution >= 4 is 69.9 Å². The van der Waals surface area contributed by atoms with Gasteiger partial charge in [0.1, 0.15) is 0 Å². The van der Waals surface area contributed by atoms with E-state index in [1.165, 1.54) is 18.6 Å². The van der Waals surface area contributed by atoms with Gasteiger partial charge in [0.25, 0.3) is 0 Å². The number of allylic oxidation sites excluding steroid dienone is 2. The third-order valence-corrected chi connectivity index (χ3v) is 6.36. The van der Waals surface area contributed by atoms with Crippen LogP contribution in [0.1, 0.15) is 33.4 Å². The fourth-order valence-corrected chi connectivity index (χ4v) is 4.38. The van der Waals surface area contributed by atoms with Crippen LogP contribution in [0.4, 0.5) is 0 Å². The zero-order valence-electron chi connectivity index (χ0n) is 20.0. The third-order valence-electron chi connectivity index (χ3n) is 5.46. The van der Waals surface area contributed by atoms with Crippen LogP contribution in [0.25, 0.3) is 39.9 Å². The van der Waals surface area contributed by atoms with Gasteiger partial charge in [0.05, 0.1) is 44.9 Å². The maximum Gasteiger partial charge on any atom is 0.196 e. The van der Waals surface area contributed by atoms with Crippen LogP contribution < -0.4 is 0 Å². The van der Waals surface area contributed by atoms with Crippen molar-refractivity contribution in [3.63, 3.8) is 0 Å². The molecular formula is C30H15Cl3N6. The molecule has 0 aliphatic carbocycles. The Morgan fingerprint density at radius 2 is 1.05 bits per heavy atom. The van der Waals surface area contributed by atoms with Gasteiger partial charge in [0.15, 0.2) is 5.70 Å². The van der Waals surface area contributed by atoms with E-state index in [0.29, 0.717) is 65.3 Å². The molecule has 0 atom stereocenters. The van der Waals surface area contributed by atoms with E-state index in [0.717, 1.165) is 0 Å². The van der Waals surface area contributed by atoms with Gasteiger partial charge in [-0.2, -0.15) is 10.5 Å². The zero-order valence-corrected chi connectivity index (χ0v) is 22.2. The lowest BCUT2D eigenvalue weighted by Crippen LogP contribution is -1.89. The van der Waals surface area contributed by atoms with E-state index in [9.17, 15) is 10.5 Å². The highest BCUT2D eigenvalue weighted by Gasteiger charge is 2.11. The van der Waals surface area contributed by atoms with Gasteiger partial charge in [0, 0.05) is 53.9 Å². The Balaban J connectivity index is 1.93. The molecule has 3 heterocycles. The lowest BCUT2D eigenvalue weighted by atomic mass is 9.98. The number of rotatable bonds is 6. The molecule has 4 rings (SSSR count). The highest BCUT2D eigenvalue weighted by atomic mass is 35.5. The first kappa shape index (κ1) is 27.3. The van der Waals surface area contributed by atoms with E-state index in [4.69, 9.17) is 41.4 Å². The topological polar surface area (TPSA) is 90.6 Å². The van der Waals surface area contributed by atoms with Crippen molar-refractivity contribution in [3.05, 3.63) is 133 Å². The van der Waals surface area contributed by atoms with Crippen LogP contribution in [0, 0.1) is 29.2 Å². The Hall–Kier alpha value is -4.77. The van der Waals surface area contributed by atoms with Crippen LogP contribution in [-0.4, -0.2) is 15.0 Å². The largest absolute Gasteiger partial charge is 0.263 e. The van der Waals surface area contributed by atoms with Crippen molar-refractivity contribution in [2.75, 3.05) is 0 Å². The van der Waals surface area contributed by atoms with Gasteiger partial charge in [-0.3, -0.25) is 15.0 Å². The average Bonchev–Trinajstić information content (AvgIpc) is 2.94. The molecule has 4 aromatic rings. The highest BCUT2D eigenvalue weighted by molar-refractivity contribution is 6.33. The summed E-state index contributed by atoms with van der Waals surface area (Å²) < 4.78 is 0. The van der Waals surface area contributed by atoms with Gasteiger partial charge in [0.2, 0.25) is 0 Å². The molecule has 0 amide bonds. The number of pyridine rings is 3. The van der Waals surface area contributed by atoms with Crippen molar-refractivity contribution < 1.29 is 0 Å². The molecule has 0 aliphatic heterocycles. The van der Waals surface area contributed by atoms with Gasteiger partial charge < -0.3 is 0 Å². The summed E-state index contributed by atoms with van der Waals surface area (Å²) in [4.78, 5) is 15.6. The molecule has 3 aromatic heterocycles. The summed E-state index contributed by atoms with van der Waals surface area (Å²) in [6.07, 6.45) is 14.1. The maximum absolute atomic E-state index is 9.88. The Morgan fingerprint density at radius 3 is 1.41 bits per heavy atom. The monoisotopic (exact) mass is 564 g/mol. The molecule has 0 aliphatic rings. The van der Waals surface area contributed by atoms with Crippen LogP contribution in [0.5, 0.6) is 0 Å². The van der Waals surface area contributed by atoms with Gasteiger partial charge in [-0.25, -0.2) is 4.85 Å². The van der Waals surface area contributed by atoms with Crippen LogP contribution in [0.2, 0.25) is 15.1 Å². The second-order valence-electron chi connectivity index (χ2n) is 7.98. The van der Waals surface area contributed by atoms with Crippen molar-refractivity contribution in [2.24, 2.45) is 0 Å². The zero-order chi connectivity index (χ0) is 27.8. The smallest absolute Gasteiger partial charge is 0.196 e. The first-order chi connectivity index (χ1) is 18.9. The van der Waals surface area contributed by atoms with Gasteiger partial charge in [-0.05, 0) is 71.3 Å². The number of aromatic nitrogens is 3. The molecule has 39 heavy (non-hydrogen) atoms. The van der Waals surface area contributed by atoms with Crippen molar-refractivity contribution in [2.45, 2.75) is 0 Å². The summed E-state index contributed by atoms with van der Waals surface area (Å²) in [6.45, 7) is 7.73. The summed E-state index contributed by atoms with van der Waals surface area (Å²) >= 11 is 18.9. The number of hydrogen-bond acceptors (Lipinski definition) is 5. The standard InChI is InChI=1S/C30H15Cl3N6/c1-36-30(26-4-7-39-18-29(26)33)13-21-9-19(11-22(14-34)24-2-5-37-16-27(24)31)8-20(10-21)12-23(15-35)25-3-6-38-17-28(25)32/h2-13,16-18H/b22-11+,23-12+,30-13-. The number of halogens is 3. The fourth-order valence-electron chi connectivity index (χ4n) is 3.72. The van der Waals surface area contributed by atoms with Crippen molar-refractivity contribution in [1.82, 2.24) is 15.0 Å². The Morgan fingerprint density at radius 1 is 0.667 bits per heavy atom. The van der Waals surface area contributed by atoms with E-state index in [-0.39, 0.29) is 0 Å². The van der Waals surface area contributed by atoms with E-state index < -0.39 is 0 Å². The third kappa shape index (κ3) is 6.57. The molecule has 1 aromatic carbocycles. The second kappa shape index (κ2) is 12.7. The summed E-state index contributed by atoms with van der Waals surface area (Å²) in [5.74, 6) is 0. The molecular weight excluding hydrogens is 551 g/mol. The van der Waals surface area contributed by atoms with Crippen LogP contribution in [0.3, 0.4) is 0 Å². The maximum atomic E-state index is 9.88. The molecule has 186 valence electrons. The minimum Gasteiger partial charge on any atom is -0.263 e. The Kier molecular flexibility index (Phi) is 8.85.